The van der Waals surface area contributed by atoms with Crippen LogP contribution in [0, 0.1) is 0 Å². The number of fused-ring (bicyclic) bond motifs is 7. The van der Waals surface area contributed by atoms with Crippen LogP contribution in [0.5, 0.6) is 0 Å². The van der Waals surface area contributed by atoms with E-state index in [-0.39, 0.29) is 0 Å². The molecule has 0 spiro atoms. The van der Waals surface area contributed by atoms with Gasteiger partial charge in [-0.1, -0.05) is 152 Å². The molecule has 10 rings (SSSR count). The summed E-state index contributed by atoms with van der Waals surface area (Å²) in [6.45, 7) is 0. The van der Waals surface area contributed by atoms with Gasteiger partial charge in [0.25, 0.3) is 0 Å². The summed E-state index contributed by atoms with van der Waals surface area (Å²) >= 11 is 1.85. The zero-order chi connectivity index (χ0) is 33.0. The second-order valence-electron chi connectivity index (χ2n) is 12.4. The van der Waals surface area contributed by atoms with Gasteiger partial charge in [-0.3, -0.25) is 0 Å². The van der Waals surface area contributed by atoms with Crippen molar-refractivity contribution in [1.29, 1.82) is 0 Å². The minimum absolute atomic E-state index is 0.626. The van der Waals surface area contributed by atoms with E-state index in [0.717, 1.165) is 39.0 Å². The average Bonchev–Trinajstić information content (AvgIpc) is 3.74. The lowest BCUT2D eigenvalue weighted by Gasteiger charge is -2.18. The molecule has 3 aromatic heterocycles. The van der Waals surface area contributed by atoms with Crippen molar-refractivity contribution < 1.29 is 0 Å². The quantitative estimate of drug-likeness (QED) is 0.185. The number of hydrogen-bond donors (Lipinski definition) is 0. The molecule has 0 bridgehead atoms. The predicted molar refractivity (Wildman–Crippen MR) is 209 cm³/mol. The lowest BCUT2D eigenvalue weighted by molar-refractivity contribution is 1.07. The highest BCUT2D eigenvalue weighted by Gasteiger charge is 2.24. The van der Waals surface area contributed by atoms with Gasteiger partial charge in [-0.2, -0.15) is 0 Å². The summed E-state index contributed by atoms with van der Waals surface area (Å²) in [6, 6.07) is 59.5. The Labute approximate surface area is 292 Å². The van der Waals surface area contributed by atoms with E-state index in [4.69, 9.17) is 15.0 Å². The minimum Gasteiger partial charge on any atom is -0.307 e. The molecule has 0 fully saturated rings. The lowest BCUT2D eigenvalue weighted by atomic mass is 9.97. The van der Waals surface area contributed by atoms with Gasteiger partial charge in [-0.05, 0) is 29.3 Å². The highest BCUT2D eigenvalue weighted by Crippen LogP contribution is 2.45. The molecular weight excluding hydrogens is 629 g/mol. The van der Waals surface area contributed by atoms with E-state index in [0.29, 0.717) is 17.5 Å². The SMILES string of the molecule is c1ccc(-c2nc(-c3ccccc3)nc(-c3c(-c4ccccc4)cccc3-n3c4ccccc4c4ccc5c6ccccc6sc5c43)n2)cc1. The zero-order valence-corrected chi connectivity index (χ0v) is 27.7. The second-order valence-corrected chi connectivity index (χ2v) is 13.4. The van der Waals surface area contributed by atoms with E-state index >= 15 is 0 Å². The summed E-state index contributed by atoms with van der Waals surface area (Å²) in [5.74, 6) is 1.90. The van der Waals surface area contributed by atoms with Crippen molar-refractivity contribution in [2.75, 3.05) is 0 Å². The van der Waals surface area contributed by atoms with Crippen molar-refractivity contribution in [3.05, 3.63) is 170 Å². The molecule has 0 saturated carbocycles. The summed E-state index contributed by atoms with van der Waals surface area (Å²) in [5, 5.41) is 4.98. The third-order valence-electron chi connectivity index (χ3n) is 9.47. The number of thiophene rings is 1. The Morgan fingerprint density at radius 1 is 0.400 bits per heavy atom. The fourth-order valence-corrected chi connectivity index (χ4v) is 8.46. The Kier molecular flexibility index (Phi) is 6.64. The number of aromatic nitrogens is 4. The number of benzene rings is 7. The van der Waals surface area contributed by atoms with Crippen molar-refractivity contribution in [2.24, 2.45) is 0 Å². The summed E-state index contributed by atoms with van der Waals surface area (Å²) in [5.41, 5.74) is 8.34. The Morgan fingerprint density at radius 2 is 0.960 bits per heavy atom. The molecule has 234 valence electrons. The van der Waals surface area contributed by atoms with Gasteiger partial charge in [0.15, 0.2) is 17.5 Å². The molecule has 0 aliphatic heterocycles. The Balaban J connectivity index is 1.36. The highest BCUT2D eigenvalue weighted by atomic mass is 32.1. The lowest BCUT2D eigenvalue weighted by Crippen LogP contribution is -2.05. The van der Waals surface area contributed by atoms with Crippen LogP contribution in [0.4, 0.5) is 0 Å². The van der Waals surface area contributed by atoms with Crippen molar-refractivity contribution in [3.63, 3.8) is 0 Å². The fourth-order valence-electron chi connectivity index (χ4n) is 7.22. The number of nitrogens with zero attached hydrogens (tertiary/aromatic N) is 4. The molecule has 0 atom stereocenters. The number of rotatable bonds is 5. The number of hydrogen-bond acceptors (Lipinski definition) is 4. The van der Waals surface area contributed by atoms with Gasteiger partial charge in [0.05, 0.1) is 27.0 Å². The van der Waals surface area contributed by atoms with Gasteiger partial charge < -0.3 is 4.57 Å². The maximum absolute atomic E-state index is 5.28. The summed E-state index contributed by atoms with van der Waals surface area (Å²) in [6.07, 6.45) is 0. The van der Waals surface area contributed by atoms with Crippen molar-refractivity contribution in [2.45, 2.75) is 0 Å². The molecule has 5 heteroatoms. The third-order valence-corrected chi connectivity index (χ3v) is 10.7. The first-order valence-electron chi connectivity index (χ1n) is 16.7. The van der Waals surface area contributed by atoms with E-state index < -0.39 is 0 Å². The first-order chi connectivity index (χ1) is 24.8. The molecule has 7 aromatic carbocycles. The van der Waals surface area contributed by atoms with Crippen molar-refractivity contribution >= 4 is 53.3 Å². The van der Waals surface area contributed by atoms with Crippen LogP contribution in [-0.4, -0.2) is 19.5 Å². The van der Waals surface area contributed by atoms with Crippen molar-refractivity contribution in [1.82, 2.24) is 19.5 Å². The standard InChI is InChI=1S/C45H28N4S/c1-4-15-29(16-5-1)32-23-14-25-38(40(32)45-47-43(30-17-6-2-7-18-30)46-44(48-45)31-19-8-3-9-20-31)49-37-24-12-10-21-33(37)35-27-28-36-34-22-11-13-26-39(34)50-42(36)41(35)49/h1-28H. The van der Waals surface area contributed by atoms with Gasteiger partial charge >= 0.3 is 0 Å². The first kappa shape index (κ1) is 28.6. The Morgan fingerprint density at radius 3 is 1.66 bits per heavy atom. The molecule has 10 aromatic rings. The largest absolute Gasteiger partial charge is 0.307 e. The van der Waals surface area contributed by atoms with Gasteiger partial charge in [0, 0.05) is 37.4 Å². The second kappa shape index (κ2) is 11.6. The van der Waals surface area contributed by atoms with E-state index in [1.165, 1.54) is 36.5 Å². The molecule has 0 amide bonds. The van der Waals surface area contributed by atoms with Crippen LogP contribution in [0.25, 0.3) is 93.0 Å². The first-order valence-corrected chi connectivity index (χ1v) is 17.5. The maximum Gasteiger partial charge on any atom is 0.166 e. The van der Waals surface area contributed by atoms with E-state index in [2.05, 4.69) is 138 Å². The Bertz CT molecular complexity index is 2800. The van der Waals surface area contributed by atoms with Crippen LogP contribution in [-0.2, 0) is 0 Å². The van der Waals surface area contributed by atoms with Crippen LogP contribution in [0.1, 0.15) is 0 Å². The summed E-state index contributed by atoms with van der Waals surface area (Å²) in [4.78, 5) is 15.6. The van der Waals surface area contributed by atoms with E-state index in [1.807, 2.05) is 47.7 Å². The van der Waals surface area contributed by atoms with Crippen LogP contribution in [0.15, 0.2) is 170 Å². The van der Waals surface area contributed by atoms with Gasteiger partial charge in [0.1, 0.15) is 0 Å². The topological polar surface area (TPSA) is 43.6 Å². The predicted octanol–water partition coefficient (Wildman–Crippen LogP) is 12.0. The molecule has 0 aliphatic rings. The molecule has 0 unspecified atom stereocenters. The molecule has 0 N–H and O–H groups in total. The van der Waals surface area contributed by atoms with Gasteiger partial charge in [-0.25, -0.2) is 15.0 Å². The van der Waals surface area contributed by atoms with Crippen LogP contribution in [0.3, 0.4) is 0 Å². The van der Waals surface area contributed by atoms with E-state index in [9.17, 15) is 0 Å². The Hall–Kier alpha value is -6.43. The molecule has 0 aliphatic carbocycles. The molecule has 4 nitrogen and oxygen atoms in total. The molecule has 0 saturated heterocycles. The number of para-hydroxylation sites is 1. The molecular formula is C45H28N4S. The monoisotopic (exact) mass is 656 g/mol. The van der Waals surface area contributed by atoms with Crippen LogP contribution < -0.4 is 0 Å². The summed E-state index contributed by atoms with van der Waals surface area (Å²) in [7, 11) is 0. The zero-order valence-electron chi connectivity index (χ0n) is 26.9. The molecule has 0 radical (unpaired) electrons. The van der Waals surface area contributed by atoms with Crippen LogP contribution in [0.2, 0.25) is 0 Å². The van der Waals surface area contributed by atoms with Gasteiger partial charge in [0.2, 0.25) is 0 Å². The average molecular weight is 657 g/mol. The smallest absolute Gasteiger partial charge is 0.166 e. The van der Waals surface area contributed by atoms with Gasteiger partial charge in [-0.15, -0.1) is 11.3 Å². The maximum atomic E-state index is 5.28. The normalized spacial score (nSPS) is 11.6. The third kappa shape index (κ3) is 4.55. The van der Waals surface area contributed by atoms with Crippen LogP contribution >= 0.6 is 11.3 Å². The van der Waals surface area contributed by atoms with Crippen molar-refractivity contribution in [3.8, 4) is 51.0 Å². The molecule has 3 heterocycles. The fraction of sp³-hybridized carbons (Fsp3) is 0. The summed E-state index contributed by atoms with van der Waals surface area (Å²) < 4.78 is 4.99. The minimum atomic E-state index is 0.626. The van der Waals surface area contributed by atoms with E-state index in [1.54, 1.807) is 0 Å². The highest BCUT2D eigenvalue weighted by molar-refractivity contribution is 7.26. The molecule has 50 heavy (non-hydrogen) atoms.